The van der Waals surface area contributed by atoms with Gasteiger partial charge in [0.25, 0.3) is 0 Å². The molecule has 1 aromatic rings. The predicted molar refractivity (Wildman–Crippen MR) is 100 cm³/mol. The van der Waals surface area contributed by atoms with Gasteiger partial charge in [0.2, 0.25) is 0 Å². The molecule has 3 rings (SSSR count). The highest BCUT2D eigenvalue weighted by atomic mass is 19.2. The van der Waals surface area contributed by atoms with Crippen LogP contribution in [0.5, 0.6) is 0 Å². The van der Waals surface area contributed by atoms with Crippen LogP contribution in [0.15, 0.2) is 30.4 Å². The first kappa shape index (κ1) is 18.6. The fourth-order valence-corrected chi connectivity index (χ4v) is 5.10. The van der Waals surface area contributed by atoms with Crippen LogP contribution in [0, 0.1) is 35.3 Å². The van der Waals surface area contributed by atoms with Gasteiger partial charge in [0.1, 0.15) is 0 Å². The molecule has 0 aromatic heterocycles. The molecule has 0 heterocycles. The predicted octanol–water partition coefficient (Wildman–Crippen LogP) is 7.09. The molecule has 0 nitrogen and oxygen atoms in total. The maximum Gasteiger partial charge on any atom is 0.159 e. The molecule has 138 valence electrons. The molecule has 0 N–H and O–H groups in total. The summed E-state index contributed by atoms with van der Waals surface area (Å²) >= 11 is 0. The summed E-state index contributed by atoms with van der Waals surface area (Å²) < 4.78 is 26.3. The normalized spacial score (nSPS) is 30.7. The smallest absolute Gasteiger partial charge is 0.159 e. The Kier molecular flexibility index (Phi) is 6.67. The van der Waals surface area contributed by atoms with Crippen LogP contribution >= 0.6 is 0 Å². The van der Waals surface area contributed by atoms with Gasteiger partial charge in [-0.15, -0.1) is 0 Å². The number of rotatable bonds is 5. The lowest BCUT2D eigenvalue weighted by molar-refractivity contribution is 0.152. The fourth-order valence-electron chi connectivity index (χ4n) is 5.10. The van der Waals surface area contributed by atoms with Crippen molar-refractivity contribution in [3.8, 4) is 0 Å². The minimum atomic E-state index is -0.742. The topological polar surface area (TPSA) is 0 Å². The zero-order valence-corrected chi connectivity index (χ0v) is 15.5. The first-order chi connectivity index (χ1) is 12.2. The lowest BCUT2D eigenvalue weighted by atomic mass is 9.68. The van der Waals surface area contributed by atoms with Crippen LogP contribution in [0.2, 0.25) is 0 Å². The number of halogens is 2. The van der Waals surface area contributed by atoms with Gasteiger partial charge >= 0.3 is 0 Å². The van der Waals surface area contributed by atoms with Gasteiger partial charge in [-0.2, -0.15) is 0 Å². The van der Waals surface area contributed by atoms with E-state index in [0.29, 0.717) is 0 Å². The van der Waals surface area contributed by atoms with Crippen molar-refractivity contribution in [1.29, 1.82) is 0 Å². The van der Waals surface area contributed by atoms with E-state index in [1.54, 1.807) is 6.07 Å². The SMILES string of the molecule is C/C=C/[C@H]1CC[C@H](C2CCC(CCc3ccc(F)c(F)c3)CC2)CC1. The van der Waals surface area contributed by atoms with Crippen LogP contribution in [0.3, 0.4) is 0 Å². The van der Waals surface area contributed by atoms with Gasteiger partial charge in [-0.1, -0.05) is 31.1 Å². The zero-order valence-electron chi connectivity index (χ0n) is 15.5. The molecular formula is C23H32F2. The lowest BCUT2D eigenvalue weighted by Gasteiger charge is -2.37. The first-order valence-corrected chi connectivity index (χ1v) is 10.2. The Bertz CT molecular complexity index is 561. The van der Waals surface area contributed by atoms with Gasteiger partial charge in [-0.05, 0) is 99.7 Å². The van der Waals surface area contributed by atoms with Crippen LogP contribution in [0.25, 0.3) is 0 Å². The summed E-state index contributed by atoms with van der Waals surface area (Å²) in [6.07, 6.45) is 17.6. The van der Waals surface area contributed by atoms with Crippen molar-refractivity contribution in [3.63, 3.8) is 0 Å². The minimum absolute atomic E-state index is 0.713. The quantitative estimate of drug-likeness (QED) is 0.499. The van der Waals surface area contributed by atoms with Crippen molar-refractivity contribution in [2.75, 3.05) is 0 Å². The highest BCUT2D eigenvalue weighted by Crippen LogP contribution is 2.42. The largest absolute Gasteiger partial charge is 0.204 e. The fraction of sp³-hybridized carbons (Fsp3) is 0.652. The Balaban J connectivity index is 1.39. The minimum Gasteiger partial charge on any atom is -0.204 e. The van der Waals surface area contributed by atoms with E-state index in [0.717, 1.165) is 42.1 Å². The Labute approximate surface area is 151 Å². The number of benzene rings is 1. The molecule has 0 aliphatic heterocycles. The molecule has 0 radical (unpaired) electrons. The summed E-state index contributed by atoms with van der Waals surface area (Å²) in [4.78, 5) is 0. The molecule has 0 amide bonds. The molecule has 2 aliphatic rings. The average molecular weight is 347 g/mol. The second kappa shape index (κ2) is 8.96. The van der Waals surface area contributed by atoms with Crippen LogP contribution in [0.4, 0.5) is 8.78 Å². The van der Waals surface area contributed by atoms with Crippen molar-refractivity contribution in [3.05, 3.63) is 47.5 Å². The monoisotopic (exact) mass is 346 g/mol. The second-order valence-corrected chi connectivity index (χ2v) is 8.27. The standard InChI is InChI=1S/C23H32F2/c1-2-3-17-6-11-20(12-7-17)21-13-8-18(9-14-21)4-5-19-10-15-22(24)23(25)16-19/h2-3,10,15-18,20-21H,4-9,11-14H2,1H3/b3-2+/t17-,18?,20-,21?. The summed E-state index contributed by atoms with van der Waals surface area (Å²) in [5, 5.41) is 0. The van der Waals surface area contributed by atoms with Gasteiger partial charge in [-0.3, -0.25) is 0 Å². The second-order valence-electron chi connectivity index (χ2n) is 8.27. The van der Waals surface area contributed by atoms with Crippen molar-refractivity contribution >= 4 is 0 Å². The Morgan fingerprint density at radius 1 is 0.880 bits per heavy atom. The molecular weight excluding hydrogens is 314 g/mol. The Morgan fingerprint density at radius 3 is 2.12 bits per heavy atom. The van der Waals surface area contributed by atoms with E-state index in [4.69, 9.17) is 0 Å². The average Bonchev–Trinajstić information content (AvgIpc) is 2.64. The molecule has 2 saturated carbocycles. The maximum absolute atomic E-state index is 13.3. The molecule has 0 spiro atoms. The summed E-state index contributed by atoms with van der Waals surface area (Å²) in [5.41, 5.74) is 0.934. The molecule has 0 atom stereocenters. The molecule has 2 heteroatoms. The lowest BCUT2D eigenvalue weighted by Crippen LogP contribution is -2.25. The van der Waals surface area contributed by atoms with Crippen LogP contribution in [-0.4, -0.2) is 0 Å². The third-order valence-corrected chi connectivity index (χ3v) is 6.66. The van der Waals surface area contributed by atoms with Gasteiger partial charge < -0.3 is 0 Å². The summed E-state index contributed by atoms with van der Waals surface area (Å²) in [6, 6.07) is 4.35. The van der Waals surface area contributed by atoms with Gasteiger partial charge in [-0.25, -0.2) is 8.78 Å². The first-order valence-electron chi connectivity index (χ1n) is 10.2. The highest BCUT2D eigenvalue weighted by molar-refractivity contribution is 5.17. The zero-order chi connectivity index (χ0) is 17.6. The highest BCUT2D eigenvalue weighted by Gasteiger charge is 2.30. The third kappa shape index (κ3) is 5.15. The van der Waals surface area contributed by atoms with Crippen LogP contribution < -0.4 is 0 Å². The van der Waals surface area contributed by atoms with E-state index in [1.165, 1.54) is 63.5 Å². The van der Waals surface area contributed by atoms with E-state index in [-0.39, 0.29) is 0 Å². The summed E-state index contributed by atoms with van der Waals surface area (Å²) in [7, 11) is 0. The van der Waals surface area contributed by atoms with E-state index in [2.05, 4.69) is 19.1 Å². The number of aryl methyl sites for hydroxylation is 1. The van der Waals surface area contributed by atoms with Crippen molar-refractivity contribution < 1.29 is 8.78 Å². The molecule has 2 fully saturated rings. The van der Waals surface area contributed by atoms with Crippen LogP contribution in [-0.2, 0) is 6.42 Å². The number of allylic oxidation sites excluding steroid dienone is 2. The molecule has 1 aromatic carbocycles. The molecule has 2 aliphatic carbocycles. The number of hydrogen-bond acceptors (Lipinski definition) is 0. The summed E-state index contributed by atoms with van der Waals surface area (Å²) in [5.74, 6) is 2.03. The maximum atomic E-state index is 13.3. The van der Waals surface area contributed by atoms with E-state index < -0.39 is 11.6 Å². The summed E-state index contributed by atoms with van der Waals surface area (Å²) in [6.45, 7) is 2.13. The van der Waals surface area contributed by atoms with Crippen molar-refractivity contribution in [1.82, 2.24) is 0 Å². The molecule has 0 unspecified atom stereocenters. The van der Waals surface area contributed by atoms with E-state index in [1.807, 2.05) is 0 Å². The van der Waals surface area contributed by atoms with Crippen molar-refractivity contribution in [2.24, 2.45) is 23.7 Å². The van der Waals surface area contributed by atoms with Crippen LogP contribution in [0.1, 0.15) is 70.3 Å². The van der Waals surface area contributed by atoms with Gasteiger partial charge in [0.15, 0.2) is 11.6 Å². The molecule has 0 saturated heterocycles. The van der Waals surface area contributed by atoms with E-state index in [9.17, 15) is 8.78 Å². The molecule has 25 heavy (non-hydrogen) atoms. The Morgan fingerprint density at radius 2 is 1.52 bits per heavy atom. The Hall–Kier alpha value is -1.18. The number of hydrogen-bond donors (Lipinski definition) is 0. The van der Waals surface area contributed by atoms with Gasteiger partial charge in [0.05, 0.1) is 0 Å². The van der Waals surface area contributed by atoms with Crippen molar-refractivity contribution in [2.45, 2.75) is 71.1 Å². The molecule has 0 bridgehead atoms. The van der Waals surface area contributed by atoms with Gasteiger partial charge in [0, 0.05) is 0 Å². The third-order valence-electron chi connectivity index (χ3n) is 6.66. The van der Waals surface area contributed by atoms with E-state index >= 15 is 0 Å².